The van der Waals surface area contributed by atoms with Crippen LogP contribution in [0.15, 0.2) is 18.2 Å². The molecule has 0 saturated carbocycles. The van der Waals surface area contributed by atoms with Crippen LogP contribution < -0.4 is 9.47 Å². The maximum Gasteiger partial charge on any atom is 0.397 e. The van der Waals surface area contributed by atoms with E-state index in [0.717, 1.165) is 5.56 Å². The van der Waals surface area contributed by atoms with Crippen LogP contribution >= 0.6 is 0 Å². The smallest absolute Gasteiger partial charge is 0.397 e. The molecule has 0 spiro atoms. The van der Waals surface area contributed by atoms with Crippen molar-refractivity contribution in [2.45, 2.75) is 13.5 Å². The average molecular weight is 338 g/mol. The second kappa shape index (κ2) is 9.77. The lowest BCUT2D eigenvalue weighted by Gasteiger charge is -2.24. The Bertz CT molecular complexity index is 560. The summed E-state index contributed by atoms with van der Waals surface area (Å²) in [6, 6.07) is 5.40. The van der Waals surface area contributed by atoms with Crippen molar-refractivity contribution < 1.29 is 23.8 Å². The Hall–Kier alpha value is -2.28. The third-order valence-electron chi connectivity index (χ3n) is 3.38. The van der Waals surface area contributed by atoms with Crippen molar-refractivity contribution in [1.82, 2.24) is 9.80 Å². The van der Waals surface area contributed by atoms with Gasteiger partial charge in [0.15, 0.2) is 11.5 Å². The third kappa shape index (κ3) is 5.73. The summed E-state index contributed by atoms with van der Waals surface area (Å²) >= 11 is 0. The molecule has 0 radical (unpaired) electrons. The number of likely N-dealkylation sites (N-methyl/N-ethyl adjacent to an activating group) is 1. The molecule has 0 fully saturated rings. The van der Waals surface area contributed by atoms with E-state index in [4.69, 9.17) is 14.2 Å². The predicted molar refractivity (Wildman–Crippen MR) is 90.2 cm³/mol. The van der Waals surface area contributed by atoms with Gasteiger partial charge in [-0.1, -0.05) is 6.07 Å². The molecule has 24 heavy (non-hydrogen) atoms. The Kier molecular flexibility index (Phi) is 8.05. The number of rotatable bonds is 8. The number of esters is 1. The van der Waals surface area contributed by atoms with E-state index >= 15 is 0 Å². The first-order chi connectivity index (χ1) is 11.4. The van der Waals surface area contributed by atoms with Crippen LogP contribution in [0.25, 0.3) is 0 Å². The lowest BCUT2D eigenvalue weighted by Crippen LogP contribution is -2.40. The summed E-state index contributed by atoms with van der Waals surface area (Å²) in [6.45, 7) is 3.18. The highest BCUT2D eigenvalue weighted by Crippen LogP contribution is 2.28. The van der Waals surface area contributed by atoms with E-state index in [1.165, 1.54) is 4.90 Å². The molecule has 0 aliphatic rings. The van der Waals surface area contributed by atoms with E-state index in [9.17, 15) is 9.59 Å². The number of carbonyl (C=O) groups is 2. The zero-order valence-corrected chi connectivity index (χ0v) is 15.0. The van der Waals surface area contributed by atoms with Crippen molar-refractivity contribution >= 4 is 11.9 Å². The van der Waals surface area contributed by atoms with Gasteiger partial charge < -0.3 is 24.0 Å². The molecule has 1 aromatic rings. The Morgan fingerprint density at radius 1 is 1.04 bits per heavy atom. The minimum Gasteiger partial charge on any atom is -0.493 e. The Morgan fingerprint density at radius 2 is 1.71 bits per heavy atom. The number of benzene rings is 1. The number of hydrogen-bond donors (Lipinski definition) is 0. The molecule has 0 bridgehead atoms. The quantitative estimate of drug-likeness (QED) is 0.523. The highest BCUT2D eigenvalue weighted by atomic mass is 16.5. The summed E-state index contributed by atoms with van der Waals surface area (Å²) in [5.74, 6) is -0.297. The van der Waals surface area contributed by atoms with Gasteiger partial charge in [0, 0.05) is 19.6 Å². The van der Waals surface area contributed by atoms with Gasteiger partial charge in [-0.05, 0) is 38.7 Å². The predicted octanol–water partition coefficient (Wildman–Crippen LogP) is 1.16. The van der Waals surface area contributed by atoms with Gasteiger partial charge in [-0.25, -0.2) is 4.79 Å². The first-order valence-corrected chi connectivity index (χ1v) is 7.74. The van der Waals surface area contributed by atoms with Crippen LogP contribution in [-0.4, -0.2) is 69.7 Å². The molecular formula is C17H26N2O5. The molecule has 0 atom stereocenters. The number of nitrogens with zero attached hydrogens (tertiary/aromatic N) is 2. The highest BCUT2D eigenvalue weighted by molar-refractivity contribution is 6.32. The van der Waals surface area contributed by atoms with E-state index < -0.39 is 11.9 Å². The second-order valence-corrected chi connectivity index (χ2v) is 5.44. The van der Waals surface area contributed by atoms with Gasteiger partial charge in [0.05, 0.1) is 20.8 Å². The monoisotopic (exact) mass is 338 g/mol. The summed E-state index contributed by atoms with van der Waals surface area (Å²) in [5.41, 5.74) is 0.837. The van der Waals surface area contributed by atoms with E-state index in [2.05, 4.69) is 0 Å². The maximum absolute atomic E-state index is 12.3. The zero-order valence-electron chi connectivity index (χ0n) is 15.0. The first-order valence-electron chi connectivity index (χ1n) is 7.74. The molecule has 7 nitrogen and oxygen atoms in total. The Morgan fingerprint density at radius 3 is 2.25 bits per heavy atom. The van der Waals surface area contributed by atoms with E-state index in [1.807, 2.05) is 25.1 Å². The second-order valence-electron chi connectivity index (χ2n) is 5.44. The summed E-state index contributed by atoms with van der Waals surface area (Å²) in [5, 5.41) is 0. The van der Waals surface area contributed by atoms with Crippen molar-refractivity contribution in [3.63, 3.8) is 0 Å². The normalized spacial score (nSPS) is 10.4. The minimum absolute atomic E-state index is 0.169. The van der Waals surface area contributed by atoms with Crippen LogP contribution in [-0.2, 0) is 20.9 Å². The molecular weight excluding hydrogens is 312 g/mol. The van der Waals surface area contributed by atoms with Crippen molar-refractivity contribution in [2.24, 2.45) is 0 Å². The van der Waals surface area contributed by atoms with Gasteiger partial charge in [0.25, 0.3) is 0 Å². The summed E-state index contributed by atoms with van der Waals surface area (Å²) in [7, 11) is 6.92. The van der Waals surface area contributed by atoms with Gasteiger partial charge in [-0.15, -0.1) is 0 Å². The van der Waals surface area contributed by atoms with Crippen LogP contribution in [0.1, 0.15) is 12.5 Å². The van der Waals surface area contributed by atoms with Crippen LogP contribution in [0.4, 0.5) is 0 Å². The number of carbonyl (C=O) groups excluding carboxylic acids is 2. The van der Waals surface area contributed by atoms with Crippen molar-refractivity contribution in [3.8, 4) is 11.5 Å². The maximum atomic E-state index is 12.3. The number of amides is 1. The molecule has 0 aliphatic carbocycles. The standard InChI is InChI=1S/C17H26N2O5/c1-6-24-17(21)16(20)19(10-9-18(2)3)12-13-7-8-14(22-4)15(11-13)23-5/h7-8,11H,6,9-10,12H2,1-5H3. The van der Waals surface area contributed by atoms with Gasteiger partial charge in [0.1, 0.15) is 0 Å². The summed E-state index contributed by atoms with van der Waals surface area (Å²) < 4.78 is 15.3. The van der Waals surface area contributed by atoms with Gasteiger partial charge in [-0.2, -0.15) is 0 Å². The molecule has 0 aliphatic heterocycles. The lowest BCUT2D eigenvalue weighted by atomic mass is 10.2. The fraction of sp³-hybridized carbons (Fsp3) is 0.529. The van der Waals surface area contributed by atoms with Gasteiger partial charge >= 0.3 is 11.9 Å². The van der Waals surface area contributed by atoms with Crippen molar-refractivity contribution in [1.29, 1.82) is 0 Å². The van der Waals surface area contributed by atoms with E-state index in [0.29, 0.717) is 24.6 Å². The molecule has 0 N–H and O–H groups in total. The average Bonchev–Trinajstić information content (AvgIpc) is 2.57. The number of hydrogen-bond acceptors (Lipinski definition) is 6. The molecule has 0 heterocycles. The minimum atomic E-state index is -0.836. The lowest BCUT2D eigenvalue weighted by molar-refractivity contribution is -0.160. The molecule has 1 rings (SSSR count). The van der Waals surface area contributed by atoms with Gasteiger partial charge in [0.2, 0.25) is 0 Å². The highest BCUT2D eigenvalue weighted by Gasteiger charge is 2.23. The van der Waals surface area contributed by atoms with Crippen molar-refractivity contribution in [2.75, 3.05) is 48.0 Å². The Balaban J connectivity index is 2.94. The molecule has 0 saturated heterocycles. The molecule has 1 aromatic carbocycles. The molecule has 0 unspecified atom stereocenters. The molecule has 134 valence electrons. The molecule has 0 aromatic heterocycles. The SMILES string of the molecule is CCOC(=O)C(=O)N(CCN(C)C)Cc1ccc(OC)c(OC)c1. The number of methoxy groups -OCH3 is 2. The fourth-order valence-electron chi connectivity index (χ4n) is 2.09. The largest absolute Gasteiger partial charge is 0.493 e. The van der Waals surface area contributed by atoms with Gasteiger partial charge in [-0.3, -0.25) is 4.79 Å². The summed E-state index contributed by atoms with van der Waals surface area (Å²) in [6.07, 6.45) is 0. The van der Waals surface area contributed by atoms with E-state index in [-0.39, 0.29) is 13.2 Å². The molecule has 7 heteroatoms. The first kappa shape index (κ1) is 19.8. The zero-order chi connectivity index (χ0) is 18.1. The van der Waals surface area contributed by atoms with Crippen LogP contribution in [0.5, 0.6) is 11.5 Å². The Labute approximate surface area is 143 Å². The third-order valence-corrected chi connectivity index (χ3v) is 3.38. The molecule has 1 amide bonds. The van der Waals surface area contributed by atoms with Crippen LogP contribution in [0.2, 0.25) is 0 Å². The van der Waals surface area contributed by atoms with Crippen molar-refractivity contribution in [3.05, 3.63) is 23.8 Å². The summed E-state index contributed by atoms with van der Waals surface area (Å²) in [4.78, 5) is 27.5. The topological polar surface area (TPSA) is 68.3 Å². The van der Waals surface area contributed by atoms with E-state index in [1.54, 1.807) is 33.3 Å². The fourth-order valence-corrected chi connectivity index (χ4v) is 2.09. The van der Waals surface area contributed by atoms with Crippen LogP contribution in [0.3, 0.4) is 0 Å². The number of ether oxygens (including phenoxy) is 3. The van der Waals surface area contributed by atoms with Crippen LogP contribution in [0, 0.1) is 0 Å².